The molecule has 0 heterocycles. The third-order valence-electron chi connectivity index (χ3n) is 4.00. The lowest BCUT2D eigenvalue weighted by Crippen LogP contribution is -2.40. The van der Waals surface area contributed by atoms with Gasteiger partial charge in [-0.3, -0.25) is 4.79 Å². The van der Waals surface area contributed by atoms with Crippen molar-refractivity contribution < 1.29 is 4.79 Å². The van der Waals surface area contributed by atoms with E-state index in [0.29, 0.717) is 5.41 Å². The molecule has 3 nitrogen and oxygen atoms in total. The lowest BCUT2D eigenvalue weighted by atomic mass is 9.70. The molecular weight excluding hydrogens is 224 g/mol. The fourth-order valence-electron chi connectivity index (χ4n) is 2.42. The van der Waals surface area contributed by atoms with Crippen LogP contribution in [0.15, 0.2) is 18.2 Å². The van der Waals surface area contributed by atoms with Crippen LogP contribution in [0.1, 0.15) is 42.1 Å². The second-order valence-electron chi connectivity index (χ2n) is 5.63. The zero-order chi connectivity index (χ0) is 13.2. The van der Waals surface area contributed by atoms with Crippen molar-refractivity contribution in [2.45, 2.75) is 33.1 Å². The van der Waals surface area contributed by atoms with E-state index in [1.807, 2.05) is 32.2 Å². The van der Waals surface area contributed by atoms with Crippen LogP contribution in [-0.4, -0.2) is 19.5 Å². The van der Waals surface area contributed by atoms with E-state index in [1.54, 1.807) is 0 Å². The molecule has 0 spiro atoms. The van der Waals surface area contributed by atoms with Gasteiger partial charge in [0.05, 0.1) is 0 Å². The first-order valence-electron chi connectivity index (χ1n) is 6.61. The van der Waals surface area contributed by atoms with Crippen molar-refractivity contribution in [3.8, 4) is 0 Å². The molecule has 18 heavy (non-hydrogen) atoms. The van der Waals surface area contributed by atoms with Crippen LogP contribution in [0.4, 0.5) is 5.69 Å². The Morgan fingerprint density at radius 1 is 1.39 bits per heavy atom. The summed E-state index contributed by atoms with van der Waals surface area (Å²) in [5, 5.41) is 6.14. The third kappa shape index (κ3) is 2.66. The SMILES string of the molecule is CNc1ccc(C(=O)NCC2(C)CCC2)c(C)c1. The van der Waals surface area contributed by atoms with Crippen LogP contribution in [0.3, 0.4) is 0 Å². The van der Waals surface area contributed by atoms with Gasteiger partial charge in [0, 0.05) is 24.8 Å². The van der Waals surface area contributed by atoms with E-state index >= 15 is 0 Å². The number of rotatable bonds is 4. The molecule has 1 amide bonds. The maximum absolute atomic E-state index is 12.1. The predicted molar refractivity (Wildman–Crippen MR) is 75.0 cm³/mol. The second-order valence-corrected chi connectivity index (χ2v) is 5.63. The van der Waals surface area contributed by atoms with Gasteiger partial charge in [-0.05, 0) is 48.9 Å². The average molecular weight is 246 g/mol. The Morgan fingerprint density at radius 2 is 2.11 bits per heavy atom. The molecule has 0 radical (unpaired) electrons. The molecule has 0 atom stereocenters. The smallest absolute Gasteiger partial charge is 0.251 e. The zero-order valence-electron chi connectivity index (χ0n) is 11.5. The van der Waals surface area contributed by atoms with Gasteiger partial charge in [-0.1, -0.05) is 13.3 Å². The molecule has 0 aliphatic heterocycles. The summed E-state index contributed by atoms with van der Waals surface area (Å²) in [5.74, 6) is 0.0447. The summed E-state index contributed by atoms with van der Waals surface area (Å²) in [7, 11) is 1.88. The number of anilines is 1. The first-order valence-corrected chi connectivity index (χ1v) is 6.61. The predicted octanol–water partition coefficient (Wildman–Crippen LogP) is 2.96. The summed E-state index contributed by atoms with van der Waals surface area (Å²) in [4.78, 5) is 12.1. The van der Waals surface area contributed by atoms with Crippen LogP contribution < -0.4 is 10.6 Å². The lowest BCUT2D eigenvalue weighted by Gasteiger charge is -2.38. The van der Waals surface area contributed by atoms with Crippen molar-refractivity contribution in [1.82, 2.24) is 5.32 Å². The number of carbonyl (C=O) groups excluding carboxylic acids is 1. The summed E-state index contributed by atoms with van der Waals surface area (Å²) >= 11 is 0. The first-order chi connectivity index (χ1) is 8.54. The number of benzene rings is 1. The molecule has 1 aromatic carbocycles. The molecule has 1 aliphatic carbocycles. The highest BCUT2D eigenvalue weighted by Crippen LogP contribution is 2.39. The average Bonchev–Trinajstić information content (AvgIpc) is 2.33. The molecule has 3 heteroatoms. The highest BCUT2D eigenvalue weighted by Gasteiger charge is 2.31. The summed E-state index contributed by atoms with van der Waals surface area (Å²) in [6.45, 7) is 5.01. The Bertz CT molecular complexity index is 450. The molecule has 1 saturated carbocycles. The summed E-state index contributed by atoms with van der Waals surface area (Å²) in [5.41, 5.74) is 3.15. The molecule has 0 aromatic heterocycles. The van der Waals surface area contributed by atoms with Crippen molar-refractivity contribution in [1.29, 1.82) is 0 Å². The van der Waals surface area contributed by atoms with E-state index in [4.69, 9.17) is 0 Å². The maximum atomic E-state index is 12.1. The van der Waals surface area contributed by atoms with Crippen LogP contribution in [0.5, 0.6) is 0 Å². The second kappa shape index (κ2) is 5.01. The minimum absolute atomic E-state index is 0.0447. The van der Waals surface area contributed by atoms with Crippen LogP contribution >= 0.6 is 0 Å². The Labute approximate surface area is 109 Å². The fraction of sp³-hybridized carbons (Fsp3) is 0.533. The Morgan fingerprint density at radius 3 is 2.61 bits per heavy atom. The van der Waals surface area contributed by atoms with Crippen LogP contribution in [0.2, 0.25) is 0 Å². The van der Waals surface area contributed by atoms with E-state index < -0.39 is 0 Å². The minimum atomic E-state index is 0.0447. The molecule has 2 N–H and O–H groups in total. The van der Waals surface area contributed by atoms with Gasteiger partial charge in [-0.15, -0.1) is 0 Å². The van der Waals surface area contributed by atoms with Gasteiger partial charge in [0.1, 0.15) is 0 Å². The third-order valence-corrected chi connectivity index (χ3v) is 4.00. The quantitative estimate of drug-likeness (QED) is 0.857. The van der Waals surface area contributed by atoms with Crippen LogP contribution in [0.25, 0.3) is 0 Å². The minimum Gasteiger partial charge on any atom is -0.388 e. The molecule has 1 aliphatic rings. The molecule has 0 saturated heterocycles. The number of nitrogens with one attached hydrogen (secondary N) is 2. The van der Waals surface area contributed by atoms with E-state index in [0.717, 1.165) is 23.4 Å². The first kappa shape index (κ1) is 12.9. The van der Waals surface area contributed by atoms with Crippen molar-refractivity contribution in [3.63, 3.8) is 0 Å². The van der Waals surface area contributed by atoms with Gasteiger partial charge in [0.2, 0.25) is 0 Å². The molecule has 0 unspecified atom stereocenters. The Hall–Kier alpha value is -1.51. The monoisotopic (exact) mass is 246 g/mol. The van der Waals surface area contributed by atoms with Crippen molar-refractivity contribution in [2.75, 3.05) is 18.9 Å². The normalized spacial score (nSPS) is 16.8. The summed E-state index contributed by atoms with van der Waals surface area (Å²) in [6.07, 6.45) is 3.75. The molecule has 1 fully saturated rings. The number of amides is 1. The largest absolute Gasteiger partial charge is 0.388 e. The Kier molecular flexibility index (Phi) is 3.60. The number of carbonyl (C=O) groups is 1. The zero-order valence-corrected chi connectivity index (χ0v) is 11.5. The van der Waals surface area contributed by atoms with E-state index in [-0.39, 0.29) is 5.91 Å². The lowest BCUT2D eigenvalue weighted by molar-refractivity contribution is 0.0890. The topological polar surface area (TPSA) is 41.1 Å². The summed E-state index contributed by atoms with van der Waals surface area (Å²) < 4.78 is 0. The fourth-order valence-corrected chi connectivity index (χ4v) is 2.42. The van der Waals surface area contributed by atoms with Gasteiger partial charge in [-0.25, -0.2) is 0 Å². The highest BCUT2D eigenvalue weighted by molar-refractivity contribution is 5.96. The van der Waals surface area contributed by atoms with Gasteiger partial charge < -0.3 is 10.6 Å². The molecule has 1 aromatic rings. The van der Waals surface area contributed by atoms with Gasteiger partial charge in [0.25, 0.3) is 5.91 Å². The van der Waals surface area contributed by atoms with Crippen molar-refractivity contribution in [3.05, 3.63) is 29.3 Å². The van der Waals surface area contributed by atoms with E-state index in [2.05, 4.69) is 17.6 Å². The van der Waals surface area contributed by atoms with Gasteiger partial charge >= 0.3 is 0 Å². The highest BCUT2D eigenvalue weighted by atomic mass is 16.1. The molecule has 98 valence electrons. The van der Waals surface area contributed by atoms with E-state index in [9.17, 15) is 4.79 Å². The molecule has 2 rings (SSSR count). The van der Waals surface area contributed by atoms with Crippen LogP contribution in [0, 0.1) is 12.3 Å². The van der Waals surface area contributed by atoms with Crippen LogP contribution in [-0.2, 0) is 0 Å². The summed E-state index contributed by atoms with van der Waals surface area (Å²) in [6, 6.07) is 5.83. The maximum Gasteiger partial charge on any atom is 0.251 e. The molecule has 0 bridgehead atoms. The number of hydrogen-bond acceptors (Lipinski definition) is 2. The number of hydrogen-bond donors (Lipinski definition) is 2. The van der Waals surface area contributed by atoms with Gasteiger partial charge in [0.15, 0.2) is 0 Å². The van der Waals surface area contributed by atoms with Gasteiger partial charge in [-0.2, -0.15) is 0 Å². The van der Waals surface area contributed by atoms with Crippen molar-refractivity contribution >= 4 is 11.6 Å². The standard InChI is InChI=1S/C15H22N2O/c1-11-9-12(16-3)5-6-13(11)14(18)17-10-15(2)7-4-8-15/h5-6,9,16H,4,7-8,10H2,1-3H3,(H,17,18). The van der Waals surface area contributed by atoms with Crippen molar-refractivity contribution in [2.24, 2.45) is 5.41 Å². The van der Waals surface area contributed by atoms with E-state index in [1.165, 1.54) is 19.3 Å². The number of aryl methyl sites for hydroxylation is 1. The Balaban J connectivity index is 2.00. The molecular formula is C15H22N2O.